The molecule has 3 aromatic rings. The van der Waals surface area contributed by atoms with Crippen LogP contribution in [0.15, 0.2) is 54.7 Å². The molecule has 1 aromatic heterocycles. The molecule has 2 aromatic carbocycles. The number of nitrogens with one attached hydrogen (secondary N) is 1. The van der Waals surface area contributed by atoms with Crippen molar-refractivity contribution in [1.82, 2.24) is 15.0 Å². The number of aryl methyl sites for hydroxylation is 1. The number of fused-ring (bicyclic) bond motifs is 2. The van der Waals surface area contributed by atoms with Gasteiger partial charge in [0.25, 0.3) is 11.8 Å². The van der Waals surface area contributed by atoms with Gasteiger partial charge in [-0.25, -0.2) is 0 Å². The first kappa shape index (κ1) is 35.3. The zero-order valence-corrected chi connectivity index (χ0v) is 28.5. The Balaban J connectivity index is 1.20. The monoisotopic (exact) mass is 697 g/mol. The second kappa shape index (κ2) is 13.6. The van der Waals surface area contributed by atoms with Crippen LogP contribution in [0.25, 0.3) is 0 Å². The van der Waals surface area contributed by atoms with Crippen molar-refractivity contribution in [2.24, 2.45) is 5.92 Å². The molecule has 7 N–H and O–H groups in total. The second-order valence-electron chi connectivity index (χ2n) is 13.6. The molecule has 9 atom stereocenters. The lowest BCUT2D eigenvalue weighted by Crippen LogP contribution is -2.60. The first-order valence-corrected chi connectivity index (χ1v) is 19.4. The van der Waals surface area contributed by atoms with Gasteiger partial charge in [0.1, 0.15) is 18.3 Å². The highest BCUT2D eigenvalue weighted by Crippen LogP contribution is 2.59. The van der Waals surface area contributed by atoms with E-state index < -0.39 is 56.6 Å². The van der Waals surface area contributed by atoms with Gasteiger partial charge < -0.3 is 50.0 Å². The average molecular weight is 698 g/mol. The van der Waals surface area contributed by atoms with Crippen molar-refractivity contribution in [3.8, 4) is 0 Å². The number of para-hydroxylation sites is 1. The number of carbonyl (C=O) groups is 2. The molecule has 4 heterocycles. The number of aliphatic hydroxyl groups is 5. The Kier molecular flexibility index (Phi) is 9.80. The van der Waals surface area contributed by atoms with Gasteiger partial charge in [-0.3, -0.25) is 14.3 Å². The average Bonchev–Trinajstić information content (AvgIpc) is 3.71. The number of carbonyl (C=O) groups excluding carboxylic acids is 2. The number of rotatable bonds is 10. The third kappa shape index (κ3) is 6.44. The lowest BCUT2D eigenvalue weighted by Gasteiger charge is -2.37. The number of benzene rings is 2. The molecule has 3 aliphatic rings. The van der Waals surface area contributed by atoms with Crippen LogP contribution in [-0.4, -0.2) is 109 Å². The summed E-state index contributed by atoms with van der Waals surface area (Å²) in [7, 11) is -2.86. The number of aromatic nitrogens is 3. The molecule has 15 nitrogen and oxygen atoms in total. The molecule has 3 aliphatic heterocycles. The highest BCUT2D eigenvalue weighted by Gasteiger charge is 2.66. The van der Waals surface area contributed by atoms with Gasteiger partial charge >= 0.3 is 0 Å². The molecule has 2 amide bonds. The fraction of sp³-hybridized carbons (Fsp3) is 0.515. The number of amides is 2. The van der Waals surface area contributed by atoms with Crippen LogP contribution in [0.5, 0.6) is 0 Å². The Morgan fingerprint density at radius 3 is 2.45 bits per heavy atom. The molecule has 1 spiro atoms. The molecule has 0 radical (unpaired) electrons. The summed E-state index contributed by atoms with van der Waals surface area (Å²) in [6, 6.07) is 14.2. The summed E-state index contributed by atoms with van der Waals surface area (Å²) >= 11 is 0. The normalized spacial score (nSPS) is 31.4. The van der Waals surface area contributed by atoms with E-state index in [0.29, 0.717) is 36.5 Å². The maximum absolute atomic E-state index is 14.6. The molecule has 0 saturated carbocycles. The van der Waals surface area contributed by atoms with E-state index in [-0.39, 0.29) is 30.5 Å². The zero-order valence-electron chi connectivity index (χ0n) is 27.5. The molecule has 49 heavy (non-hydrogen) atoms. The van der Waals surface area contributed by atoms with Crippen LogP contribution in [0.3, 0.4) is 0 Å². The van der Waals surface area contributed by atoms with E-state index in [2.05, 4.69) is 15.6 Å². The summed E-state index contributed by atoms with van der Waals surface area (Å²) in [6.45, 7) is 6.36. The van der Waals surface area contributed by atoms with Gasteiger partial charge in [0.05, 0.1) is 24.0 Å². The summed E-state index contributed by atoms with van der Waals surface area (Å²) in [6.07, 6.45) is -6.48. The van der Waals surface area contributed by atoms with Gasteiger partial charge in [-0.1, -0.05) is 42.5 Å². The van der Waals surface area contributed by atoms with Gasteiger partial charge in [-0.05, 0) is 43.3 Å². The van der Waals surface area contributed by atoms with E-state index in [4.69, 9.17) is 9.47 Å². The number of ether oxygens (including phenoxy) is 2. The zero-order chi connectivity index (χ0) is 35.2. The molecule has 6 rings (SSSR count). The largest absolute Gasteiger partial charge is 0.432 e. The third-order valence-electron chi connectivity index (χ3n) is 9.90. The summed E-state index contributed by atoms with van der Waals surface area (Å²) in [5.41, 5.74) is 1.66. The van der Waals surface area contributed by atoms with Crippen molar-refractivity contribution in [3.63, 3.8) is 0 Å². The first-order chi connectivity index (χ1) is 23.3. The van der Waals surface area contributed by atoms with E-state index in [1.54, 1.807) is 40.0 Å². The predicted octanol–water partition coefficient (Wildman–Crippen LogP) is -0.0138. The summed E-state index contributed by atoms with van der Waals surface area (Å²) in [5, 5.41) is 59.7. The van der Waals surface area contributed by atoms with Gasteiger partial charge in [0, 0.05) is 48.5 Å². The van der Waals surface area contributed by atoms with Crippen LogP contribution < -0.4 is 10.2 Å². The van der Waals surface area contributed by atoms with Crippen LogP contribution in [-0.2, 0) is 44.2 Å². The van der Waals surface area contributed by atoms with Crippen LogP contribution in [0.1, 0.15) is 30.2 Å². The van der Waals surface area contributed by atoms with Crippen molar-refractivity contribution < 1.29 is 49.4 Å². The molecule has 264 valence electrons. The van der Waals surface area contributed by atoms with E-state index in [0.717, 1.165) is 11.1 Å². The van der Waals surface area contributed by atoms with E-state index in [9.17, 15) is 39.9 Å². The second-order valence-corrected chi connectivity index (χ2v) is 17.6. The fourth-order valence-electron chi connectivity index (χ4n) is 7.56. The Hall–Kier alpha value is -3.58. The highest BCUT2D eigenvalue weighted by atomic mass is 28.4. The quantitative estimate of drug-likeness (QED) is 0.139. The van der Waals surface area contributed by atoms with Gasteiger partial charge in [0.2, 0.25) is 0 Å². The number of nitrogens with zero attached hydrogens (tertiary/aromatic N) is 4. The Bertz CT molecular complexity index is 1670. The highest BCUT2D eigenvalue weighted by molar-refractivity contribution is 6.71. The lowest BCUT2D eigenvalue weighted by atomic mass is 9.82. The van der Waals surface area contributed by atoms with E-state index in [1.165, 1.54) is 0 Å². The van der Waals surface area contributed by atoms with Crippen LogP contribution >= 0.6 is 0 Å². The van der Waals surface area contributed by atoms with Crippen LogP contribution in [0.4, 0.5) is 11.4 Å². The fourth-order valence-corrected chi connectivity index (χ4v) is 10.2. The standard InChI is InChI=1S/C33H43N5O10Si/c1-18-29(49(2,3)46)24(12-14-37-17-21(13-15-39)35-36-37)48-33(18)22-6-4-5-7-23(22)38(32(33)45)16-19-8-10-20(11-9-19)34-30(43)28-26(41)25(40)27(42)31(44)47-28/h4-11,17-18,24-29,31,39-42,44,46H,12-16H2,1-3H3,(H,34,43)/t18-,24+,25-,26-,27+,28-,29-,31+,33+/m0/s1. The third-order valence-corrected chi connectivity index (χ3v) is 12.4. The van der Waals surface area contributed by atoms with E-state index >= 15 is 0 Å². The van der Waals surface area contributed by atoms with E-state index in [1.807, 2.05) is 44.3 Å². The number of anilines is 2. The summed E-state index contributed by atoms with van der Waals surface area (Å²) in [4.78, 5) is 40.6. The van der Waals surface area contributed by atoms with Crippen molar-refractivity contribution >= 4 is 31.5 Å². The predicted molar refractivity (Wildman–Crippen MR) is 176 cm³/mol. The minimum absolute atomic E-state index is 0.0274. The Morgan fingerprint density at radius 2 is 1.76 bits per heavy atom. The SMILES string of the molecule is C[C@H]1[C@H]([Si](C)(C)O)[C@@H](CCn2cc(CCO)nn2)O[C@]12C(=O)N(Cc1ccc(NC(=O)[C@H]3O[C@@H](O)[C@H](O)[C@@H](O)[C@@H]3O)cc1)c1ccccc12. The topological polar surface area (TPSA) is 220 Å². The maximum Gasteiger partial charge on any atom is 0.264 e. The molecular formula is C33H43N5O10Si. The molecule has 2 fully saturated rings. The van der Waals surface area contributed by atoms with Crippen molar-refractivity contribution in [3.05, 3.63) is 71.5 Å². The molecular weight excluding hydrogens is 654 g/mol. The minimum atomic E-state index is -2.86. The molecule has 0 bridgehead atoms. The molecule has 0 aliphatic carbocycles. The minimum Gasteiger partial charge on any atom is -0.432 e. The van der Waals surface area contributed by atoms with Crippen molar-refractivity contribution in [1.29, 1.82) is 0 Å². The smallest absolute Gasteiger partial charge is 0.264 e. The van der Waals surface area contributed by atoms with Crippen LogP contribution in [0, 0.1) is 5.92 Å². The number of aliphatic hydroxyl groups excluding tert-OH is 5. The summed E-state index contributed by atoms with van der Waals surface area (Å²) in [5.74, 6) is -1.38. The van der Waals surface area contributed by atoms with Gasteiger partial charge in [-0.15, -0.1) is 5.10 Å². The Morgan fingerprint density at radius 1 is 1.04 bits per heavy atom. The van der Waals surface area contributed by atoms with Crippen LogP contribution in [0.2, 0.25) is 18.6 Å². The lowest BCUT2D eigenvalue weighted by molar-refractivity contribution is -0.274. The van der Waals surface area contributed by atoms with Gasteiger partial charge in [-0.2, -0.15) is 0 Å². The molecule has 0 unspecified atom stereocenters. The van der Waals surface area contributed by atoms with Gasteiger partial charge in [0.15, 0.2) is 26.3 Å². The van der Waals surface area contributed by atoms with Crippen molar-refractivity contribution in [2.45, 2.75) is 93.9 Å². The summed E-state index contributed by atoms with van der Waals surface area (Å²) < 4.78 is 13.5. The Labute approximate surface area is 283 Å². The molecule has 16 heteroatoms. The number of hydrogen-bond acceptors (Lipinski definition) is 12. The first-order valence-electron chi connectivity index (χ1n) is 16.3. The maximum atomic E-state index is 14.6. The number of hydrogen-bond donors (Lipinski definition) is 7. The molecule has 2 saturated heterocycles. The van der Waals surface area contributed by atoms with Crippen molar-refractivity contribution in [2.75, 3.05) is 16.8 Å².